The fourth-order valence-corrected chi connectivity index (χ4v) is 6.81. The summed E-state index contributed by atoms with van der Waals surface area (Å²) in [5, 5.41) is 9.47. The molecule has 0 amide bonds. The third kappa shape index (κ3) is 3.91. The van der Waals surface area contributed by atoms with Crippen molar-refractivity contribution < 1.29 is 44.0 Å². The molecule has 174 valence electrons. The highest BCUT2D eigenvalue weighted by molar-refractivity contribution is 7.88. The summed E-state index contributed by atoms with van der Waals surface area (Å²) in [5.74, 6) is -2.05. The van der Waals surface area contributed by atoms with Crippen molar-refractivity contribution in [1.82, 2.24) is 0 Å². The van der Waals surface area contributed by atoms with Gasteiger partial charge < -0.3 is 5.11 Å². The largest absolute Gasteiger partial charge is 0.426 e. The summed E-state index contributed by atoms with van der Waals surface area (Å²) in [4.78, 5) is 0. The van der Waals surface area contributed by atoms with E-state index in [-0.39, 0.29) is 12.8 Å². The normalized spacial score (nSPS) is 28.9. The Balaban J connectivity index is 3.31. The fourth-order valence-electron chi connectivity index (χ4n) is 4.34. The van der Waals surface area contributed by atoms with Gasteiger partial charge in [-0.1, -0.05) is 34.1 Å². The lowest BCUT2D eigenvalue weighted by Gasteiger charge is -2.46. The third-order valence-corrected chi connectivity index (χ3v) is 9.64. The second kappa shape index (κ2) is 7.25. The molecule has 3 atom stereocenters. The van der Waals surface area contributed by atoms with Crippen molar-refractivity contribution in [2.75, 3.05) is 0 Å². The first-order valence-electron chi connectivity index (χ1n) is 9.33. The standard InChI is InChI=1S/C18H30F6O4S/c1-8-12(15(7)13(3,4)14(5,6)28-29(15,26)27)9-11(2)10-16(25,17(19,20)21)18(22,23)24/h11-12,25H,8-10H2,1-7H3. The van der Waals surface area contributed by atoms with E-state index in [9.17, 15) is 39.9 Å². The Morgan fingerprint density at radius 2 is 1.38 bits per heavy atom. The molecule has 0 saturated carbocycles. The van der Waals surface area contributed by atoms with Crippen molar-refractivity contribution >= 4 is 10.1 Å². The number of aliphatic hydroxyl groups is 1. The van der Waals surface area contributed by atoms with E-state index < -0.39 is 62.1 Å². The fraction of sp³-hybridized carbons (Fsp3) is 1.00. The second-order valence-electron chi connectivity index (χ2n) is 9.29. The van der Waals surface area contributed by atoms with Crippen LogP contribution in [0.5, 0.6) is 0 Å². The molecule has 1 rings (SSSR count). The molecule has 0 spiro atoms. The first kappa shape index (κ1) is 26.5. The van der Waals surface area contributed by atoms with E-state index in [0.29, 0.717) is 0 Å². The Kier molecular flexibility index (Phi) is 6.63. The van der Waals surface area contributed by atoms with Gasteiger partial charge in [-0.25, -0.2) is 0 Å². The number of hydrogen-bond acceptors (Lipinski definition) is 4. The van der Waals surface area contributed by atoms with Crippen LogP contribution in [0.2, 0.25) is 0 Å². The van der Waals surface area contributed by atoms with Crippen LogP contribution in [0.15, 0.2) is 0 Å². The quantitative estimate of drug-likeness (QED) is 0.440. The number of hydrogen-bond donors (Lipinski definition) is 1. The predicted molar refractivity (Wildman–Crippen MR) is 95.5 cm³/mol. The van der Waals surface area contributed by atoms with Crippen molar-refractivity contribution in [2.24, 2.45) is 17.3 Å². The van der Waals surface area contributed by atoms with Crippen molar-refractivity contribution in [3.05, 3.63) is 0 Å². The van der Waals surface area contributed by atoms with Crippen LogP contribution < -0.4 is 0 Å². The lowest BCUT2D eigenvalue weighted by atomic mass is 9.61. The zero-order valence-electron chi connectivity index (χ0n) is 17.6. The van der Waals surface area contributed by atoms with Crippen LogP contribution in [0.25, 0.3) is 0 Å². The molecule has 1 heterocycles. The third-order valence-electron chi connectivity index (χ3n) is 7.12. The lowest BCUT2D eigenvalue weighted by molar-refractivity contribution is -0.372. The van der Waals surface area contributed by atoms with E-state index in [2.05, 4.69) is 0 Å². The molecule has 0 aromatic rings. The van der Waals surface area contributed by atoms with E-state index in [0.717, 1.165) is 6.92 Å². The first-order valence-corrected chi connectivity index (χ1v) is 10.7. The molecule has 1 aliphatic heterocycles. The maximum absolute atomic E-state index is 13.0. The Labute approximate surface area is 168 Å². The number of halogens is 6. The molecule has 1 saturated heterocycles. The predicted octanol–water partition coefficient (Wildman–Crippen LogP) is 5.21. The van der Waals surface area contributed by atoms with Crippen LogP contribution in [0, 0.1) is 17.3 Å². The summed E-state index contributed by atoms with van der Waals surface area (Å²) >= 11 is 0. The SMILES string of the molecule is CCC(CC(C)CC(O)(C(F)(F)F)C(F)(F)F)C1(C)C(C)(C)C(C)(C)OS1(=O)=O. The van der Waals surface area contributed by atoms with E-state index in [1.54, 1.807) is 34.6 Å². The van der Waals surface area contributed by atoms with Gasteiger partial charge in [0.25, 0.3) is 15.7 Å². The van der Waals surface area contributed by atoms with Gasteiger partial charge in [0.1, 0.15) is 4.75 Å². The molecular weight excluding hydrogens is 426 g/mol. The van der Waals surface area contributed by atoms with Gasteiger partial charge in [0.05, 0.1) is 5.60 Å². The van der Waals surface area contributed by atoms with Crippen LogP contribution >= 0.6 is 0 Å². The molecule has 11 heteroatoms. The molecular formula is C18H30F6O4S. The highest BCUT2D eigenvalue weighted by atomic mass is 32.2. The Morgan fingerprint density at radius 1 is 0.966 bits per heavy atom. The molecule has 0 aromatic carbocycles. The summed E-state index contributed by atoms with van der Waals surface area (Å²) in [6.45, 7) is 10.7. The van der Waals surface area contributed by atoms with E-state index in [4.69, 9.17) is 4.18 Å². The van der Waals surface area contributed by atoms with Crippen molar-refractivity contribution in [2.45, 2.75) is 96.0 Å². The smallest absolute Gasteiger partial charge is 0.374 e. The van der Waals surface area contributed by atoms with E-state index in [1.165, 1.54) is 6.92 Å². The zero-order valence-corrected chi connectivity index (χ0v) is 18.4. The molecule has 3 unspecified atom stereocenters. The minimum Gasteiger partial charge on any atom is -0.374 e. The summed E-state index contributed by atoms with van der Waals surface area (Å²) in [6, 6.07) is 0. The zero-order chi connectivity index (χ0) is 23.5. The van der Waals surface area contributed by atoms with Gasteiger partial charge in [-0.2, -0.15) is 34.8 Å². The molecule has 0 bridgehead atoms. The summed E-state index contributed by atoms with van der Waals surface area (Å²) in [7, 11) is -4.17. The number of alkyl halides is 6. The van der Waals surface area contributed by atoms with Gasteiger partial charge in [-0.15, -0.1) is 0 Å². The molecule has 1 N–H and O–H groups in total. The van der Waals surface area contributed by atoms with Crippen molar-refractivity contribution in [3.8, 4) is 0 Å². The molecule has 0 aromatic heterocycles. The van der Waals surface area contributed by atoms with Gasteiger partial charge in [0.15, 0.2) is 0 Å². The van der Waals surface area contributed by atoms with Crippen molar-refractivity contribution in [1.29, 1.82) is 0 Å². The topological polar surface area (TPSA) is 63.6 Å². The molecule has 1 aliphatic rings. The maximum Gasteiger partial charge on any atom is 0.426 e. The summed E-state index contributed by atoms with van der Waals surface area (Å²) < 4.78 is 108. The monoisotopic (exact) mass is 456 g/mol. The molecule has 0 radical (unpaired) electrons. The molecule has 4 nitrogen and oxygen atoms in total. The summed E-state index contributed by atoms with van der Waals surface area (Å²) in [5.41, 5.74) is -6.96. The highest BCUT2D eigenvalue weighted by Crippen LogP contribution is 2.60. The van der Waals surface area contributed by atoms with Gasteiger partial charge in [-0.3, -0.25) is 4.18 Å². The average Bonchev–Trinajstić information content (AvgIpc) is 2.56. The van der Waals surface area contributed by atoms with Crippen LogP contribution in [0.4, 0.5) is 26.3 Å². The maximum atomic E-state index is 13.0. The van der Waals surface area contributed by atoms with Gasteiger partial charge in [0, 0.05) is 5.41 Å². The van der Waals surface area contributed by atoms with Crippen LogP contribution in [-0.4, -0.2) is 41.8 Å². The lowest BCUT2D eigenvalue weighted by Crippen LogP contribution is -2.58. The van der Waals surface area contributed by atoms with Gasteiger partial charge >= 0.3 is 12.4 Å². The van der Waals surface area contributed by atoms with Crippen LogP contribution in [0.1, 0.15) is 67.7 Å². The minimum absolute atomic E-state index is 0.194. The second-order valence-corrected chi connectivity index (χ2v) is 11.2. The van der Waals surface area contributed by atoms with Crippen LogP contribution in [0.3, 0.4) is 0 Å². The Morgan fingerprint density at radius 3 is 1.66 bits per heavy atom. The molecule has 0 aliphatic carbocycles. The Bertz CT molecular complexity index is 697. The Hall–Kier alpha value is -0.550. The minimum atomic E-state index is -5.91. The van der Waals surface area contributed by atoms with Gasteiger partial charge in [0.2, 0.25) is 0 Å². The van der Waals surface area contributed by atoms with Crippen LogP contribution in [-0.2, 0) is 14.3 Å². The van der Waals surface area contributed by atoms with E-state index in [1.807, 2.05) is 0 Å². The highest BCUT2D eigenvalue weighted by Gasteiger charge is 2.71. The average molecular weight is 456 g/mol. The summed E-state index contributed by atoms with van der Waals surface area (Å²) in [6.07, 6.45) is -13.5. The van der Waals surface area contributed by atoms with E-state index >= 15 is 0 Å². The number of rotatable bonds is 6. The first-order chi connectivity index (χ1) is 12.5. The molecule has 29 heavy (non-hydrogen) atoms. The molecule has 1 fully saturated rings. The van der Waals surface area contributed by atoms with Gasteiger partial charge in [-0.05, 0) is 45.4 Å². The van der Waals surface area contributed by atoms with Crippen molar-refractivity contribution in [3.63, 3.8) is 0 Å².